The molecule has 3 heterocycles. The maximum atomic E-state index is 5.79. The highest BCUT2D eigenvalue weighted by Gasteiger charge is 2.77. The first kappa shape index (κ1) is 22.8. The number of hydrogen-bond acceptors (Lipinski definition) is 3. The Morgan fingerprint density at radius 1 is 0.971 bits per heavy atom. The first-order valence-corrected chi connectivity index (χ1v) is 13.2. The topological polar surface area (TPSA) is 24.3 Å². The molecule has 4 bridgehead atoms. The van der Waals surface area contributed by atoms with Crippen LogP contribution in [0.2, 0.25) is 0 Å². The number of rotatable bonds is 7. The molecular formula is C32H38N2O. The van der Waals surface area contributed by atoms with E-state index in [0.717, 1.165) is 18.2 Å². The molecule has 3 heteroatoms. The van der Waals surface area contributed by atoms with Crippen LogP contribution in [0.5, 0.6) is 5.75 Å². The first-order valence-electron chi connectivity index (χ1n) is 13.2. The highest BCUT2D eigenvalue weighted by Crippen LogP contribution is 2.66. The minimum atomic E-state index is 0.119. The van der Waals surface area contributed by atoms with Gasteiger partial charge in [0.2, 0.25) is 0 Å². The van der Waals surface area contributed by atoms with Gasteiger partial charge < -0.3 is 10.1 Å². The van der Waals surface area contributed by atoms with Gasteiger partial charge in [-0.1, -0.05) is 93.6 Å². The SMILES string of the molecule is COc1ccc(C(C)(C)C)cc1CN[C@H]1C2CCN3C(C2)[C@@]13C(c1ccccc1)c1ccccc1. The van der Waals surface area contributed by atoms with Gasteiger partial charge >= 0.3 is 0 Å². The molecule has 35 heavy (non-hydrogen) atoms. The molecule has 0 spiro atoms. The van der Waals surface area contributed by atoms with Crippen molar-refractivity contribution in [3.63, 3.8) is 0 Å². The predicted octanol–water partition coefficient (Wildman–Crippen LogP) is 6.13. The van der Waals surface area contributed by atoms with Gasteiger partial charge in [0.1, 0.15) is 5.75 Å². The van der Waals surface area contributed by atoms with Crippen molar-refractivity contribution >= 4 is 0 Å². The molecule has 1 saturated carbocycles. The highest BCUT2D eigenvalue weighted by atomic mass is 16.5. The average Bonchev–Trinajstić information content (AvgIpc) is 3.44. The molecule has 182 valence electrons. The summed E-state index contributed by atoms with van der Waals surface area (Å²) in [6, 6.07) is 30.3. The molecule has 3 aromatic rings. The lowest BCUT2D eigenvalue weighted by molar-refractivity contribution is 0.150. The van der Waals surface area contributed by atoms with Crippen molar-refractivity contribution in [2.24, 2.45) is 5.92 Å². The summed E-state index contributed by atoms with van der Waals surface area (Å²) in [6.07, 6.45) is 2.61. The van der Waals surface area contributed by atoms with Crippen LogP contribution in [-0.4, -0.2) is 36.2 Å². The largest absolute Gasteiger partial charge is 0.496 e. The van der Waals surface area contributed by atoms with Gasteiger partial charge in [-0.15, -0.1) is 0 Å². The summed E-state index contributed by atoms with van der Waals surface area (Å²) in [6.45, 7) is 8.91. The molecule has 7 rings (SSSR count). The fourth-order valence-electron chi connectivity index (χ4n) is 7.37. The standard InChI is InChI=1S/C32H38N2O/c1-31(2,3)26-15-16-27(35-4)25(19-26)21-33-30-24-17-18-34-28(20-24)32(30,34)29(22-11-7-5-8-12-22)23-13-9-6-10-14-23/h5-16,19,24,28-30,33H,17-18,20-21H2,1-4H3/t24?,28?,30-,32+,34?/m0/s1. The molecule has 3 aliphatic heterocycles. The maximum Gasteiger partial charge on any atom is 0.123 e. The number of hydrogen-bond donors (Lipinski definition) is 1. The lowest BCUT2D eigenvalue weighted by atomic mass is 9.73. The van der Waals surface area contributed by atoms with Gasteiger partial charge in [-0.3, -0.25) is 4.90 Å². The van der Waals surface area contributed by atoms with Crippen molar-refractivity contribution in [1.29, 1.82) is 0 Å². The van der Waals surface area contributed by atoms with Crippen LogP contribution in [0, 0.1) is 5.92 Å². The molecule has 5 atom stereocenters. The Bertz CT molecular complexity index is 1140. The van der Waals surface area contributed by atoms with Crippen molar-refractivity contribution in [3.05, 3.63) is 101 Å². The van der Waals surface area contributed by atoms with E-state index in [1.54, 1.807) is 7.11 Å². The molecule has 1 N–H and O–H groups in total. The van der Waals surface area contributed by atoms with E-state index in [4.69, 9.17) is 4.74 Å². The van der Waals surface area contributed by atoms with E-state index in [1.165, 1.54) is 41.6 Å². The molecule has 4 aliphatic rings. The number of piperidine rings is 3. The number of fused-ring (bicyclic) bond motifs is 1. The molecule has 3 nitrogen and oxygen atoms in total. The molecule has 1 aliphatic carbocycles. The van der Waals surface area contributed by atoms with Crippen LogP contribution < -0.4 is 10.1 Å². The third kappa shape index (κ3) is 3.63. The third-order valence-electron chi connectivity index (χ3n) is 8.96. The van der Waals surface area contributed by atoms with E-state index in [9.17, 15) is 0 Å². The number of ether oxygens (including phenoxy) is 1. The van der Waals surface area contributed by atoms with Crippen LogP contribution in [0.1, 0.15) is 61.8 Å². The number of nitrogens with one attached hydrogen (secondary N) is 1. The summed E-state index contributed by atoms with van der Waals surface area (Å²) in [7, 11) is 1.79. The van der Waals surface area contributed by atoms with Gasteiger partial charge in [-0.05, 0) is 53.5 Å². The molecule has 0 amide bonds. The van der Waals surface area contributed by atoms with Crippen LogP contribution in [0.15, 0.2) is 78.9 Å². The van der Waals surface area contributed by atoms with Crippen molar-refractivity contribution in [2.75, 3.05) is 13.7 Å². The smallest absolute Gasteiger partial charge is 0.123 e. The molecule has 3 saturated heterocycles. The fraction of sp³-hybridized carbons (Fsp3) is 0.438. The Hall–Kier alpha value is -2.62. The lowest BCUT2D eigenvalue weighted by Gasteiger charge is -2.42. The van der Waals surface area contributed by atoms with E-state index in [0.29, 0.717) is 18.0 Å². The number of benzene rings is 3. The van der Waals surface area contributed by atoms with E-state index in [2.05, 4.69) is 110 Å². The highest BCUT2D eigenvalue weighted by molar-refractivity contribution is 5.48. The van der Waals surface area contributed by atoms with Gasteiger partial charge in [0.05, 0.1) is 12.6 Å². The Labute approximate surface area is 210 Å². The van der Waals surface area contributed by atoms with Crippen LogP contribution in [0.4, 0.5) is 0 Å². The van der Waals surface area contributed by atoms with Gasteiger partial charge in [0.15, 0.2) is 0 Å². The van der Waals surface area contributed by atoms with Crippen LogP contribution in [0.3, 0.4) is 0 Å². The molecule has 3 aromatic carbocycles. The minimum Gasteiger partial charge on any atom is -0.496 e. The van der Waals surface area contributed by atoms with E-state index >= 15 is 0 Å². The lowest BCUT2D eigenvalue weighted by Crippen LogP contribution is -2.53. The van der Waals surface area contributed by atoms with E-state index in [1.807, 2.05) is 0 Å². The summed E-state index contributed by atoms with van der Waals surface area (Å²) in [5.41, 5.74) is 5.77. The third-order valence-corrected chi connectivity index (χ3v) is 8.96. The summed E-state index contributed by atoms with van der Waals surface area (Å²) >= 11 is 0. The van der Waals surface area contributed by atoms with Gasteiger partial charge in [0.25, 0.3) is 0 Å². The fourth-order valence-corrected chi connectivity index (χ4v) is 7.37. The Balaban J connectivity index is 1.37. The summed E-state index contributed by atoms with van der Waals surface area (Å²) < 4.78 is 5.79. The van der Waals surface area contributed by atoms with Crippen LogP contribution in [0.25, 0.3) is 0 Å². The minimum absolute atomic E-state index is 0.119. The summed E-state index contributed by atoms with van der Waals surface area (Å²) in [5.74, 6) is 2.09. The zero-order valence-corrected chi connectivity index (χ0v) is 21.5. The van der Waals surface area contributed by atoms with Gasteiger partial charge in [0, 0.05) is 30.1 Å². The first-order chi connectivity index (χ1) is 16.9. The maximum absolute atomic E-state index is 5.79. The monoisotopic (exact) mass is 466 g/mol. The quantitative estimate of drug-likeness (QED) is 0.424. The second kappa shape index (κ2) is 8.50. The zero-order valence-electron chi connectivity index (χ0n) is 21.5. The molecule has 3 unspecified atom stereocenters. The Morgan fingerprint density at radius 2 is 1.63 bits per heavy atom. The molecule has 0 radical (unpaired) electrons. The normalized spacial score (nSPS) is 28.8. The van der Waals surface area contributed by atoms with Crippen molar-refractivity contribution in [2.45, 2.75) is 69.1 Å². The molecule has 0 aromatic heterocycles. The zero-order chi connectivity index (χ0) is 24.2. The molecular weight excluding hydrogens is 428 g/mol. The van der Waals surface area contributed by atoms with E-state index < -0.39 is 0 Å². The van der Waals surface area contributed by atoms with E-state index in [-0.39, 0.29) is 11.0 Å². The Kier molecular flexibility index (Phi) is 5.54. The van der Waals surface area contributed by atoms with Gasteiger partial charge in [-0.25, -0.2) is 0 Å². The summed E-state index contributed by atoms with van der Waals surface area (Å²) in [5, 5.41) is 4.11. The second-order valence-corrected chi connectivity index (χ2v) is 11.8. The van der Waals surface area contributed by atoms with Crippen molar-refractivity contribution in [3.8, 4) is 5.75 Å². The predicted molar refractivity (Wildman–Crippen MR) is 143 cm³/mol. The van der Waals surface area contributed by atoms with Gasteiger partial charge in [-0.2, -0.15) is 0 Å². The molecule has 4 fully saturated rings. The number of methoxy groups -OCH3 is 1. The summed E-state index contributed by atoms with van der Waals surface area (Å²) in [4.78, 5) is 2.82. The van der Waals surface area contributed by atoms with Crippen molar-refractivity contribution in [1.82, 2.24) is 10.2 Å². The van der Waals surface area contributed by atoms with Crippen LogP contribution >= 0.6 is 0 Å². The van der Waals surface area contributed by atoms with Crippen LogP contribution in [-0.2, 0) is 12.0 Å². The second-order valence-electron chi connectivity index (χ2n) is 11.8. The van der Waals surface area contributed by atoms with Crippen molar-refractivity contribution < 1.29 is 4.74 Å². The number of nitrogens with zero attached hydrogens (tertiary/aromatic N) is 1. The Morgan fingerprint density at radius 3 is 2.20 bits per heavy atom. The average molecular weight is 467 g/mol.